The average Bonchev–Trinajstić information content (AvgIpc) is 3.60. The number of nitrogens with two attached hydrogens (primary N) is 1. The van der Waals surface area contributed by atoms with Gasteiger partial charge in [0.05, 0.1) is 13.3 Å². The summed E-state index contributed by atoms with van der Waals surface area (Å²) in [6.07, 6.45) is 3.05. The van der Waals surface area contributed by atoms with Crippen LogP contribution in [0, 0.1) is 0 Å². The van der Waals surface area contributed by atoms with Crippen molar-refractivity contribution in [3.05, 3.63) is 69.1 Å². The minimum atomic E-state index is -1.36. The van der Waals surface area contributed by atoms with Crippen LogP contribution < -0.4 is 16.3 Å². The molecule has 14 nitrogen and oxygen atoms in total. The van der Waals surface area contributed by atoms with Crippen LogP contribution in [0.1, 0.15) is 54.9 Å². The van der Waals surface area contributed by atoms with Crippen molar-refractivity contribution in [2.24, 2.45) is 5.73 Å². The van der Waals surface area contributed by atoms with E-state index in [9.17, 15) is 19.2 Å². The number of aryl methyl sites for hydroxylation is 1. The Balaban J connectivity index is 0.000000170. The fourth-order valence-electron chi connectivity index (χ4n) is 3.73. The number of benzene rings is 1. The molecule has 1 aliphatic carbocycles. The van der Waals surface area contributed by atoms with Crippen molar-refractivity contribution in [1.82, 2.24) is 29.6 Å². The number of nitrogens with one attached hydrogen (secondary N) is 2. The highest BCUT2D eigenvalue weighted by atomic mass is 35.5. The van der Waals surface area contributed by atoms with E-state index >= 15 is 0 Å². The Kier molecular flexibility index (Phi) is 6.80. The summed E-state index contributed by atoms with van der Waals surface area (Å²) in [5, 5.41) is 16.4. The number of carboxylic acid groups (broad SMARTS) is 1. The third-order valence-electron chi connectivity index (χ3n) is 5.42. The lowest BCUT2D eigenvalue weighted by atomic mass is 10.0. The molecule has 36 heavy (non-hydrogen) atoms. The quantitative estimate of drug-likeness (QED) is 0.218. The summed E-state index contributed by atoms with van der Waals surface area (Å²) in [5.74, 6) is -3.08. The third kappa shape index (κ3) is 4.67. The van der Waals surface area contributed by atoms with Crippen LogP contribution in [0.5, 0.6) is 0 Å². The standard InChI is InChI=1S/C11H10ClN3O2.C10H8N4O5/c12-14-9-4-2-6-5-7(1-3-8(6)9)10-13-11(16)17-15-10;1-19-10(18)6-2-5(9(16)17)13-8-4(7(11)15)3-12-14(6)8/h1,3,5,9,14H,2,4H2,(H,13,15,16);2-3H,1H3,(H2,11,15)(H,16,17)/t9-;/m0./s1. The summed E-state index contributed by atoms with van der Waals surface area (Å²) >= 11 is 5.67. The van der Waals surface area contributed by atoms with Gasteiger partial charge in [-0.2, -0.15) is 5.10 Å². The van der Waals surface area contributed by atoms with Gasteiger partial charge in [0, 0.05) is 17.7 Å². The average molecular weight is 516 g/mol. The zero-order valence-electron chi connectivity index (χ0n) is 18.5. The van der Waals surface area contributed by atoms with Crippen LogP contribution in [0.4, 0.5) is 0 Å². The van der Waals surface area contributed by atoms with Crippen LogP contribution in [0.25, 0.3) is 17.0 Å². The monoisotopic (exact) mass is 515 g/mol. The summed E-state index contributed by atoms with van der Waals surface area (Å²) < 4.78 is 10.00. The number of fused-ring (bicyclic) bond motifs is 2. The predicted octanol–water partition coefficient (Wildman–Crippen LogP) is 1.07. The number of aromatic carboxylic acids is 1. The number of esters is 1. The third-order valence-corrected chi connectivity index (χ3v) is 5.68. The number of primary amides is 1. The number of aromatic nitrogens is 5. The largest absolute Gasteiger partial charge is 0.477 e. The van der Waals surface area contributed by atoms with Gasteiger partial charge >= 0.3 is 17.7 Å². The Hall–Kier alpha value is -4.56. The number of carboxylic acids is 1. The molecule has 1 aromatic carbocycles. The number of carbonyl (C=O) groups is 3. The first kappa shape index (κ1) is 24.6. The molecule has 5 N–H and O–H groups in total. The van der Waals surface area contributed by atoms with Crippen molar-refractivity contribution >= 4 is 35.3 Å². The molecule has 0 saturated carbocycles. The molecule has 0 unspecified atom stereocenters. The van der Waals surface area contributed by atoms with E-state index in [1.807, 2.05) is 18.2 Å². The Morgan fingerprint density at radius 2 is 2.11 bits per heavy atom. The fraction of sp³-hybridized carbons (Fsp3) is 0.190. The van der Waals surface area contributed by atoms with Gasteiger partial charge in [-0.25, -0.2) is 28.7 Å². The molecule has 0 aliphatic heterocycles. The molecule has 0 saturated heterocycles. The fourth-order valence-corrected chi connectivity index (χ4v) is 3.96. The molecule has 3 aromatic heterocycles. The molecule has 1 aliphatic rings. The van der Waals surface area contributed by atoms with Gasteiger partial charge in [-0.15, -0.1) is 0 Å². The van der Waals surface area contributed by atoms with Gasteiger partial charge in [0.2, 0.25) is 0 Å². The molecular formula is C21H18ClN7O7. The van der Waals surface area contributed by atoms with Gasteiger partial charge in [0.15, 0.2) is 22.9 Å². The number of methoxy groups -OCH3 is 1. The first-order valence-electron chi connectivity index (χ1n) is 10.3. The molecule has 0 fully saturated rings. The molecule has 5 rings (SSSR count). The number of hydrogen-bond donors (Lipinski definition) is 4. The summed E-state index contributed by atoms with van der Waals surface area (Å²) in [5.41, 5.74) is 7.60. The maximum atomic E-state index is 11.6. The highest BCUT2D eigenvalue weighted by Crippen LogP contribution is 2.33. The van der Waals surface area contributed by atoms with Gasteiger partial charge < -0.3 is 15.6 Å². The zero-order valence-corrected chi connectivity index (χ0v) is 19.3. The number of rotatable bonds is 5. The predicted molar refractivity (Wildman–Crippen MR) is 122 cm³/mol. The van der Waals surface area contributed by atoms with Crippen LogP contribution in [-0.4, -0.2) is 54.8 Å². The normalized spacial score (nSPS) is 14.1. The molecule has 4 aromatic rings. The van der Waals surface area contributed by atoms with E-state index < -0.39 is 29.3 Å². The molecule has 3 heterocycles. The topological polar surface area (TPSA) is 208 Å². The molecule has 0 bridgehead atoms. The van der Waals surface area contributed by atoms with Crippen molar-refractivity contribution < 1.29 is 28.8 Å². The minimum absolute atomic E-state index is 0.0896. The van der Waals surface area contributed by atoms with Crippen molar-refractivity contribution in [1.29, 1.82) is 0 Å². The Morgan fingerprint density at radius 1 is 1.33 bits per heavy atom. The molecule has 186 valence electrons. The van der Waals surface area contributed by atoms with E-state index in [1.54, 1.807) is 0 Å². The van der Waals surface area contributed by atoms with Crippen molar-refractivity contribution in [3.63, 3.8) is 0 Å². The second-order valence-electron chi connectivity index (χ2n) is 7.54. The van der Waals surface area contributed by atoms with Crippen molar-refractivity contribution in [2.45, 2.75) is 18.9 Å². The minimum Gasteiger partial charge on any atom is -0.477 e. The molecule has 15 heteroatoms. The van der Waals surface area contributed by atoms with Crippen LogP contribution >= 0.6 is 11.8 Å². The Morgan fingerprint density at radius 3 is 2.72 bits per heavy atom. The van der Waals surface area contributed by atoms with E-state index in [1.165, 1.54) is 11.1 Å². The van der Waals surface area contributed by atoms with Crippen LogP contribution in [0.3, 0.4) is 0 Å². The lowest BCUT2D eigenvalue weighted by molar-refractivity contribution is 0.0590. The van der Waals surface area contributed by atoms with E-state index in [2.05, 4.69) is 34.3 Å². The smallest absolute Gasteiger partial charge is 0.439 e. The molecular weight excluding hydrogens is 498 g/mol. The number of halogens is 1. The van der Waals surface area contributed by atoms with Gasteiger partial charge in [-0.1, -0.05) is 17.3 Å². The number of hydrogen-bond acceptors (Lipinski definition) is 10. The molecule has 1 atom stereocenters. The first-order valence-corrected chi connectivity index (χ1v) is 10.7. The highest BCUT2D eigenvalue weighted by molar-refractivity contribution is 6.13. The van der Waals surface area contributed by atoms with Crippen LogP contribution in [0.15, 0.2) is 39.8 Å². The molecule has 0 spiro atoms. The van der Waals surface area contributed by atoms with Gasteiger partial charge in [0.1, 0.15) is 5.56 Å². The number of ether oxygens (including phenoxy) is 1. The number of carbonyl (C=O) groups excluding carboxylic acids is 2. The lowest BCUT2D eigenvalue weighted by Gasteiger charge is -2.08. The second kappa shape index (κ2) is 9.97. The van der Waals surface area contributed by atoms with E-state index in [0.29, 0.717) is 5.82 Å². The number of H-pyrrole nitrogens is 1. The zero-order chi connectivity index (χ0) is 26.0. The Labute approximate surface area is 206 Å². The SMILES string of the molecule is COC(=O)c1cc(C(=O)O)nc2c(C(N)=O)cnn12.O=c1[nH]c(-c2ccc3c(c2)CC[C@@H]3NCl)no1. The van der Waals surface area contributed by atoms with E-state index in [4.69, 9.17) is 22.6 Å². The number of amides is 1. The maximum absolute atomic E-state index is 11.6. The van der Waals surface area contributed by atoms with Crippen molar-refractivity contribution in [3.8, 4) is 11.4 Å². The first-order chi connectivity index (χ1) is 17.2. The molecule has 1 amide bonds. The van der Waals surface area contributed by atoms with Gasteiger partial charge in [-0.3, -0.25) is 14.3 Å². The molecule has 0 radical (unpaired) electrons. The number of nitrogens with zero attached hydrogens (tertiary/aromatic N) is 4. The van der Waals surface area contributed by atoms with E-state index in [-0.39, 0.29) is 22.9 Å². The Bertz CT molecular complexity index is 1540. The summed E-state index contributed by atoms with van der Waals surface area (Å²) in [4.78, 5) is 53.6. The summed E-state index contributed by atoms with van der Waals surface area (Å²) in [6.45, 7) is 0. The summed E-state index contributed by atoms with van der Waals surface area (Å²) in [7, 11) is 1.13. The maximum Gasteiger partial charge on any atom is 0.439 e. The van der Waals surface area contributed by atoms with Gasteiger partial charge in [0.25, 0.3) is 5.91 Å². The summed E-state index contributed by atoms with van der Waals surface area (Å²) in [6, 6.07) is 7.12. The highest BCUT2D eigenvalue weighted by Gasteiger charge is 2.23. The van der Waals surface area contributed by atoms with Crippen LogP contribution in [-0.2, 0) is 11.2 Å². The lowest BCUT2D eigenvalue weighted by Crippen LogP contribution is -2.16. The number of aromatic amines is 1. The second-order valence-corrected chi connectivity index (χ2v) is 7.76. The van der Waals surface area contributed by atoms with Gasteiger partial charge in [-0.05, 0) is 41.8 Å². The van der Waals surface area contributed by atoms with E-state index in [0.717, 1.165) is 42.3 Å². The van der Waals surface area contributed by atoms with Crippen LogP contribution in [0.2, 0.25) is 0 Å². The van der Waals surface area contributed by atoms with Crippen molar-refractivity contribution in [2.75, 3.05) is 7.11 Å².